The summed E-state index contributed by atoms with van der Waals surface area (Å²) < 4.78 is 10.9. The number of hydrogen-bond donors (Lipinski definition) is 0. The number of hydrogen-bond acceptors (Lipinski definition) is 4. The molecule has 1 aliphatic heterocycles. The lowest BCUT2D eigenvalue weighted by Gasteiger charge is -2.26. The average Bonchev–Trinajstić information content (AvgIpc) is 2.39. The smallest absolute Gasteiger partial charge is 0.168 e. The second-order valence-electron chi connectivity index (χ2n) is 3.99. The summed E-state index contributed by atoms with van der Waals surface area (Å²) in [5.74, 6) is 0.819. The van der Waals surface area contributed by atoms with E-state index < -0.39 is 0 Å². The molecular weight excluding hydrogens is 234 g/mol. The Bertz CT molecular complexity index is 350. The molecule has 1 heterocycles. The van der Waals surface area contributed by atoms with Gasteiger partial charge in [-0.2, -0.15) is 0 Å². The third-order valence-corrected chi connectivity index (χ3v) is 3.00. The summed E-state index contributed by atoms with van der Waals surface area (Å²) in [6.07, 6.45) is 0.796. The Morgan fingerprint density at radius 3 is 2.65 bits per heavy atom. The lowest BCUT2D eigenvalue weighted by Crippen LogP contribution is -2.37. The Morgan fingerprint density at radius 1 is 1.24 bits per heavy atom. The topological polar surface area (TPSA) is 21.7 Å². The normalized spacial score (nSPS) is 16.7. The molecule has 1 aliphatic rings. The van der Waals surface area contributed by atoms with Gasteiger partial charge in [0.15, 0.2) is 5.05 Å². The van der Waals surface area contributed by atoms with Crippen LogP contribution in [0.3, 0.4) is 0 Å². The van der Waals surface area contributed by atoms with Crippen LogP contribution in [0.2, 0.25) is 0 Å². The molecule has 4 heteroatoms. The molecule has 0 spiro atoms. The number of rotatable bonds is 4. The van der Waals surface area contributed by atoms with E-state index >= 15 is 0 Å². The van der Waals surface area contributed by atoms with Crippen LogP contribution in [0.4, 0.5) is 0 Å². The van der Waals surface area contributed by atoms with Crippen LogP contribution in [0.25, 0.3) is 0 Å². The maximum absolute atomic E-state index is 5.58. The highest BCUT2D eigenvalue weighted by Crippen LogP contribution is 2.10. The minimum atomic E-state index is 0.655. The molecule has 1 aromatic rings. The number of benzene rings is 1. The Labute approximate surface area is 107 Å². The van der Waals surface area contributed by atoms with Gasteiger partial charge in [-0.05, 0) is 24.4 Å². The number of morpholine rings is 1. The van der Waals surface area contributed by atoms with Gasteiger partial charge in [-0.3, -0.25) is 4.90 Å². The highest BCUT2D eigenvalue weighted by atomic mass is 32.1. The van der Waals surface area contributed by atoms with E-state index in [0.29, 0.717) is 5.05 Å². The van der Waals surface area contributed by atoms with Gasteiger partial charge in [-0.15, -0.1) is 0 Å². The molecule has 0 amide bonds. The molecule has 0 unspecified atom stereocenters. The summed E-state index contributed by atoms with van der Waals surface area (Å²) in [5, 5.41) is 0.655. The first-order valence-corrected chi connectivity index (χ1v) is 6.31. The van der Waals surface area contributed by atoms with Crippen molar-refractivity contribution in [2.24, 2.45) is 0 Å². The standard InChI is InChI=1S/C13H17NO2S/c17-13(16-12-4-2-1-3-5-12)6-7-14-8-10-15-11-9-14/h1-5H,6-11H2. The largest absolute Gasteiger partial charge is 0.450 e. The lowest BCUT2D eigenvalue weighted by atomic mass is 10.3. The zero-order valence-electron chi connectivity index (χ0n) is 9.80. The van der Waals surface area contributed by atoms with Crippen LogP contribution in [-0.2, 0) is 4.74 Å². The van der Waals surface area contributed by atoms with E-state index in [-0.39, 0.29) is 0 Å². The first-order chi connectivity index (χ1) is 8.34. The third-order valence-electron chi connectivity index (χ3n) is 2.71. The van der Waals surface area contributed by atoms with Crippen molar-refractivity contribution in [3.05, 3.63) is 30.3 Å². The van der Waals surface area contributed by atoms with Crippen molar-refractivity contribution in [3.8, 4) is 5.75 Å². The van der Waals surface area contributed by atoms with Gasteiger partial charge in [0.2, 0.25) is 0 Å². The van der Waals surface area contributed by atoms with E-state index in [4.69, 9.17) is 21.7 Å². The summed E-state index contributed by atoms with van der Waals surface area (Å²) in [7, 11) is 0. The fraction of sp³-hybridized carbons (Fsp3) is 0.462. The van der Waals surface area contributed by atoms with Gasteiger partial charge < -0.3 is 9.47 Å². The van der Waals surface area contributed by atoms with Gasteiger partial charge in [0.1, 0.15) is 5.75 Å². The predicted molar refractivity (Wildman–Crippen MR) is 71.5 cm³/mol. The van der Waals surface area contributed by atoms with Crippen molar-refractivity contribution in [2.45, 2.75) is 6.42 Å². The second-order valence-corrected chi connectivity index (χ2v) is 4.45. The summed E-state index contributed by atoms with van der Waals surface area (Å²) in [4.78, 5) is 2.35. The van der Waals surface area contributed by atoms with Crippen molar-refractivity contribution in [1.29, 1.82) is 0 Å². The van der Waals surface area contributed by atoms with Gasteiger partial charge in [0.25, 0.3) is 0 Å². The van der Waals surface area contributed by atoms with Gasteiger partial charge >= 0.3 is 0 Å². The Morgan fingerprint density at radius 2 is 1.94 bits per heavy atom. The van der Waals surface area contributed by atoms with E-state index in [0.717, 1.165) is 45.0 Å². The fourth-order valence-corrected chi connectivity index (χ4v) is 1.93. The molecule has 0 bridgehead atoms. The average molecular weight is 251 g/mol. The molecule has 92 valence electrons. The van der Waals surface area contributed by atoms with Crippen LogP contribution in [-0.4, -0.2) is 42.8 Å². The van der Waals surface area contributed by atoms with Gasteiger partial charge in [-0.1, -0.05) is 18.2 Å². The zero-order chi connectivity index (χ0) is 11.9. The highest BCUT2D eigenvalue weighted by Gasteiger charge is 2.11. The lowest BCUT2D eigenvalue weighted by molar-refractivity contribution is 0.0389. The molecule has 1 aromatic carbocycles. The van der Waals surface area contributed by atoms with Gasteiger partial charge in [0, 0.05) is 26.1 Å². The molecule has 0 saturated carbocycles. The molecular formula is C13H17NO2S. The van der Waals surface area contributed by atoms with Crippen LogP contribution in [0.1, 0.15) is 6.42 Å². The monoisotopic (exact) mass is 251 g/mol. The maximum Gasteiger partial charge on any atom is 0.168 e. The van der Waals surface area contributed by atoms with Gasteiger partial charge in [-0.25, -0.2) is 0 Å². The van der Waals surface area contributed by atoms with Crippen molar-refractivity contribution in [3.63, 3.8) is 0 Å². The molecule has 0 radical (unpaired) electrons. The van der Waals surface area contributed by atoms with Crippen molar-refractivity contribution < 1.29 is 9.47 Å². The Hall–Kier alpha value is -0.970. The number of ether oxygens (including phenoxy) is 2. The van der Waals surface area contributed by atoms with Crippen LogP contribution >= 0.6 is 12.2 Å². The maximum atomic E-state index is 5.58. The third kappa shape index (κ3) is 4.42. The van der Waals surface area contributed by atoms with Gasteiger partial charge in [0.05, 0.1) is 13.2 Å². The summed E-state index contributed by atoms with van der Waals surface area (Å²) in [5.41, 5.74) is 0. The molecule has 3 nitrogen and oxygen atoms in total. The molecule has 1 fully saturated rings. The van der Waals surface area contributed by atoms with Crippen LogP contribution in [0, 0.1) is 0 Å². The molecule has 0 aliphatic carbocycles. The van der Waals surface area contributed by atoms with E-state index in [2.05, 4.69) is 4.90 Å². The fourth-order valence-electron chi connectivity index (χ4n) is 1.75. The van der Waals surface area contributed by atoms with Crippen LogP contribution in [0.15, 0.2) is 30.3 Å². The van der Waals surface area contributed by atoms with Crippen molar-refractivity contribution in [2.75, 3.05) is 32.8 Å². The highest BCUT2D eigenvalue weighted by molar-refractivity contribution is 7.80. The molecule has 0 aromatic heterocycles. The number of para-hydroxylation sites is 1. The molecule has 2 rings (SSSR count). The Balaban J connectivity index is 1.70. The summed E-state index contributed by atoms with van der Waals surface area (Å²) in [6, 6.07) is 9.69. The molecule has 1 saturated heterocycles. The number of nitrogens with zero attached hydrogens (tertiary/aromatic N) is 1. The zero-order valence-corrected chi connectivity index (χ0v) is 10.6. The minimum absolute atomic E-state index is 0.655. The molecule has 17 heavy (non-hydrogen) atoms. The SMILES string of the molecule is S=C(CCN1CCOCC1)Oc1ccccc1. The number of thiocarbonyl (C=S) groups is 1. The first kappa shape index (κ1) is 12.5. The molecule has 0 N–H and O–H groups in total. The minimum Gasteiger partial charge on any atom is -0.450 e. The van der Waals surface area contributed by atoms with E-state index in [1.807, 2.05) is 30.3 Å². The molecule has 0 atom stereocenters. The van der Waals surface area contributed by atoms with Crippen LogP contribution in [0.5, 0.6) is 5.75 Å². The predicted octanol–water partition coefficient (Wildman–Crippen LogP) is 2.12. The first-order valence-electron chi connectivity index (χ1n) is 5.90. The van der Waals surface area contributed by atoms with E-state index in [9.17, 15) is 0 Å². The van der Waals surface area contributed by atoms with Crippen molar-refractivity contribution >= 4 is 17.3 Å². The van der Waals surface area contributed by atoms with E-state index in [1.54, 1.807) is 0 Å². The summed E-state index contributed by atoms with van der Waals surface area (Å²) >= 11 is 5.22. The van der Waals surface area contributed by atoms with Crippen LogP contribution < -0.4 is 4.74 Å². The van der Waals surface area contributed by atoms with Crippen molar-refractivity contribution in [1.82, 2.24) is 4.90 Å². The Kier molecular flexibility index (Phi) is 4.91. The quantitative estimate of drug-likeness (QED) is 0.764. The second kappa shape index (κ2) is 6.69. The van der Waals surface area contributed by atoms with E-state index in [1.165, 1.54) is 0 Å². The summed E-state index contributed by atoms with van der Waals surface area (Å²) in [6.45, 7) is 4.59.